The minimum Gasteiger partial charge on any atom is -0.258 e. The van der Waals surface area contributed by atoms with Crippen LogP contribution in [-0.4, -0.2) is 10.3 Å². The standard InChI is InChI=1S/C10H10BrNO2/c1-7-3-4-9(12(13)14)5-10(7)8(2)6-11/h3-5H,2,6H2,1H3. The summed E-state index contributed by atoms with van der Waals surface area (Å²) in [5.74, 6) is 0. The number of allylic oxidation sites excluding steroid dienone is 1. The van der Waals surface area contributed by atoms with Crippen LogP contribution in [0.2, 0.25) is 0 Å². The molecule has 0 unspecified atom stereocenters. The van der Waals surface area contributed by atoms with Crippen LogP contribution < -0.4 is 0 Å². The van der Waals surface area contributed by atoms with Gasteiger partial charge in [0.1, 0.15) is 0 Å². The molecule has 1 aromatic rings. The number of halogens is 1. The summed E-state index contributed by atoms with van der Waals surface area (Å²) in [7, 11) is 0. The van der Waals surface area contributed by atoms with E-state index in [0.29, 0.717) is 5.33 Å². The molecule has 0 bridgehead atoms. The van der Waals surface area contributed by atoms with Gasteiger partial charge in [-0.2, -0.15) is 0 Å². The summed E-state index contributed by atoms with van der Waals surface area (Å²) >= 11 is 3.28. The zero-order valence-electron chi connectivity index (χ0n) is 7.79. The van der Waals surface area contributed by atoms with Crippen molar-refractivity contribution in [3.8, 4) is 0 Å². The van der Waals surface area contributed by atoms with E-state index in [1.54, 1.807) is 12.1 Å². The Hall–Kier alpha value is -1.16. The number of benzene rings is 1. The lowest BCUT2D eigenvalue weighted by molar-refractivity contribution is -0.384. The Morgan fingerprint density at radius 3 is 2.79 bits per heavy atom. The lowest BCUT2D eigenvalue weighted by Gasteiger charge is -2.05. The second kappa shape index (κ2) is 4.37. The number of hydrogen-bond donors (Lipinski definition) is 0. The van der Waals surface area contributed by atoms with Crippen molar-refractivity contribution in [3.05, 3.63) is 46.0 Å². The summed E-state index contributed by atoms with van der Waals surface area (Å²) in [4.78, 5) is 10.1. The molecule has 0 atom stereocenters. The predicted molar refractivity (Wildman–Crippen MR) is 60.7 cm³/mol. The van der Waals surface area contributed by atoms with Gasteiger partial charge in [0.25, 0.3) is 5.69 Å². The van der Waals surface area contributed by atoms with E-state index in [4.69, 9.17) is 0 Å². The van der Waals surface area contributed by atoms with Crippen LogP contribution in [0.1, 0.15) is 11.1 Å². The average molecular weight is 256 g/mol. The minimum atomic E-state index is -0.398. The molecule has 0 aromatic heterocycles. The normalized spacial score (nSPS) is 9.86. The van der Waals surface area contributed by atoms with E-state index >= 15 is 0 Å². The molecule has 0 radical (unpaired) electrons. The van der Waals surface area contributed by atoms with Crippen LogP contribution in [0, 0.1) is 17.0 Å². The highest BCUT2D eigenvalue weighted by Crippen LogP contribution is 2.23. The highest BCUT2D eigenvalue weighted by molar-refractivity contribution is 9.09. The number of non-ortho nitro benzene ring substituents is 1. The van der Waals surface area contributed by atoms with Gasteiger partial charge in [0.2, 0.25) is 0 Å². The molecule has 0 saturated carbocycles. The summed E-state index contributed by atoms with van der Waals surface area (Å²) < 4.78 is 0. The van der Waals surface area contributed by atoms with Gasteiger partial charge in [-0.3, -0.25) is 10.1 Å². The van der Waals surface area contributed by atoms with Crippen molar-refractivity contribution in [2.24, 2.45) is 0 Å². The fourth-order valence-corrected chi connectivity index (χ4v) is 1.48. The van der Waals surface area contributed by atoms with Gasteiger partial charge < -0.3 is 0 Å². The Kier molecular flexibility index (Phi) is 3.41. The lowest BCUT2D eigenvalue weighted by Crippen LogP contribution is -1.93. The first-order valence-electron chi connectivity index (χ1n) is 4.05. The van der Waals surface area contributed by atoms with E-state index in [1.165, 1.54) is 6.07 Å². The molecule has 0 N–H and O–H groups in total. The van der Waals surface area contributed by atoms with Gasteiger partial charge in [0.05, 0.1) is 4.92 Å². The molecule has 0 aliphatic carbocycles. The molecule has 1 aromatic carbocycles. The van der Waals surface area contributed by atoms with Gasteiger partial charge >= 0.3 is 0 Å². The van der Waals surface area contributed by atoms with Crippen LogP contribution in [0.25, 0.3) is 5.57 Å². The smallest absolute Gasteiger partial charge is 0.258 e. The molecule has 1 rings (SSSR count). The van der Waals surface area contributed by atoms with E-state index in [0.717, 1.165) is 16.7 Å². The second-order valence-corrected chi connectivity index (χ2v) is 3.55. The van der Waals surface area contributed by atoms with Crippen LogP contribution in [-0.2, 0) is 0 Å². The van der Waals surface area contributed by atoms with Crippen molar-refractivity contribution in [1.82, 2.24) is 0 Å². The fourth-order valence-electron chi connectivity index (χ4n) is 1.18. The molecule has 0 aliphatic rings. The van der Waals surface area contributed by atoms with E-state index in [9.17, 15) is 10.1 Å². The maximum Gasteiger partial charge on any atom is 0.270 e. The Labute approximate surface area is 90.7 Å². The largest absolute Gasteiger partial charge is 0.270 e. The molecule has 0 amide bonds. The molecule has 3 nitrogen and oxygen atoms in total. The first kappa shape index (κ1) is 10.9. The lowest BCUT2D eigenvalue weighted by atomic mass is 10.0. The minimum absolute atomic E-state index is 0.104. The summed E-state index contributed by atoms with van der Waals surface area (Å²) in [6.07, 6.45) is 0. The van der Waals surface area contributed by atoms with Crippen molar-refractivity contribution >= 4 is 27.2 Å². The average Bonchev–Trinajstić information content (AvgIpc) is 2.17. The Morgan fingerprint density at radius 1 is 1.64 bits per heavy atom. The van der Waals surface area contributed by atoms with E-state index in [2.05, 4.69) is 22.5 Å². The maximum absolute atomic E-state index is 10.5. The maximum atomic E-state index is 10.5. The highest BCUT2D eigenvalue weighted by atomic mass is 79.9. The molecular weight excluding hydrogens is 246 g/mol. The van der Waals surface area contributed by atoms with E-state index in [-0.39, 0.29) is 5.69 Å². The Bertz CT molecular complexity index is 388. The third kappa shape index (κ3) is 2.20. The molecule has 4 heteroatoms. The van der Waals surface area contributed by atoms with Crippen molar-refractivity contribution in [1.29, 1.82) is 0 Å². The van der Waals surface area contributed by atoms with Crippen molar-refractivity contribution in [2.45, 2.75) is 6.92 Å². The topological polar surface area (TPSA) is 43.1 Å². The number of aryl methyl sites for hydroxylation is 1. The molecular formula is C10H10BrNO2. The van der Waals surface area contributed by atoms with Gasteiger partial charge in [-0.05, 0) is 23.6 Å². The summed E-state index contributed by atoms with van der Waals surface area (Å²) in [6, 6.07) is 4.79. The first-order valence-corrected chi connectivity index (χ1v) is 5.17. The quantitative estimate of drug-likeness (QED) is 0.473. The zero-order chi connectivity index (χ0) is 10.7. The number of nitrogens with zero attached hydrogens (tertiary/aromatic N) is 1. The number of hydrogen-bond acceptors (Lipinski definition) is 2. The Morgan fingerprint density at radius 2 is 2.29 bits per heavy atom. The van der Waals surface area contributed by atoms with E-state index < -0.39 is 4.92 Å². The Balaban J connectivity index is 3.21. The molecule has 74 valence electrons. The van der Waals surface area contributed by atoms with Crippen LogP contribution in [0.3, 0.4) is 0 Å². The van der Waals surface area contributed by atoms with E-state index in [1.807, 2.05) is 6.92 Å². The van der Waals surface area contributed by atoms with Gasteiger partial charge in [0, 0.05) is 17.5 Å². The van der Waals surface area contributed by atoms with Crippen LogP contribution in [0.4, 0.5) is 5.69 Å². The van der Waals surface area contributed by atoms with Gasteiger partial charge in [0.15, 0.2) is 0 Å². The zero-order valence-corrected chi connectivity index (χ0v) is 9.37. The predicted octanol–water partition coefficient (Wildman–Crippen LogP) is 3.31. The number of nitro benzene ring substituents is 1. The van der Waals surface area contributed by atoms with Crippen LogP contribution in [0.15, 0.2) is 24.8 Å². The summed E-state index contributed by atoms with van der Waals surface area (Å²) in [6.45, 7) is 5.74. The number of rotatable bonds is 3. The summed E-state index contributed by atoms with van der Waals surface area (Å²) in [5, 5.41) is 11.2. The molecule has 0 aliphatic heterocycles. The molecule has 0 fully saturated rings. The van der Waals surface area contributed by atoms with Crippen LogP contribution >= 0.6 is 15.9 Å². The molecule has 0 saturated heterocycles. The molecule has 0 spiro atoms. The monoisotopic (exact) mass is 255 g/mol. The number of nitro groups is 1. The van der Waals surface area contributed by atoms with Crippen molar-refractivity contribution < 1.29 is 4.92 Å². The molecule has 0 heterocycles. The second-order valence-electron chi connectivity index (χ2n) is 2.99. The highest BCUT2D eigenvalue weighted by Gasteiger charge is 2.09. The fraction of sp³-hybridized carbons (Fsp3) is 0.200. The first-order chi connectivity index (χ1) is 6.56. The van der Waals surface area contributed by atoms with Crippen molar-refractivity contribution in [3.63, 3.8) is 0 Å². The van der Waals surface area contributed by atoms with Crippen LogP contribution in [0.5, 0.6) is 0 Å². The summed E-state index contributed by atoms with van der Waals surface area (Å²) in [5.41, 5.74) is 2.80. The SMILES string of the molecule is C=C(CBr)c1cc([N+](=O)[O-])ccc1C. The number of alkyl halides is 1. The van der Waals surface area contributed by atoms with Gasteiger partial charge in [-0.25, -0.2) is 0 Å². The van der Waals surface area contributed by atoms with Gasteiger partial charge in [-0.1, -0.05) is 28.6 Å². The molecule has 14 heavy (non-hydrogen) atoms. The third-order valence-electron chi connectivity index (χ3n) is 1.97. The van der Waals surface area contributed by atoms with Crippen molar-refractivity contribution in [2.75, 3.05) is 5.33 Å². The third-order valence-corrected chi connectivity index (χ3v) is 2.65. The van der Waals surface area contributed by atoms with Gasteiger partial charge in [-0.15, -0.1) is 0 Å².